The van der Waals surface area contributed by atoms with Gasteiger partial charge in [-0.05, 0) is 20.8 Å². The summed E-state index contributed by atoms with van der Waals surface area (Å²) in [5, 5.41) is 26.8. The maximum absolute atomic E-state index is 11.1. The summed E-state index contributed by atoms with van der Waals surface area (Å²) < 4.78 is 1.50. The van der Waals surface area contributed by atoms with Gasteiger partial charge in [-0.2, -0.15) is 5.10 Å². The van der Waals surface area contributed by atoms with Gasteiger partial charge in [0, 0.05) is 12.6 Å². The Hall–Kier alpha value is -2.12. The van der Waals surface area contributed by atoms with Gasteiger partial charge in [0.05, 0.1) is 10.8 Å². The van der Waals surface area contributed by atoms with Crippen molar-refractivity contribution in [3.63, 3.8) is 0 Å². The Morgan fingerprint density at radius 3 is 2.53 bits per heavy atom. The van der Waals surface area contributed by atoms with Gasteiger partial charge < -0.3 is 10.4 Å². The van der Waals surface area contributed by atoms with E-state index >= 15 is 0 Å². The standard InChI is InChI=1S/C11H18N4O4/c1-6(2)14-10(12-5-7(3)11(16)17)9(15(18)19)8(4)13-14/h6-7,12H,5H2,1-4H3,(H,16,17). The number of carbonyl (C=O) groups is 1. The molecule has 0 radical (unpaired) electrons. The van der Waals surface area contributed by atoms with Gasteiger partial charge in [-0.15, -0.1) is 0 Å². The van der Waals surface area contributed by atoms with Crippen LogP contribution in [0.5, 0.6) is 0 Å². The molecule has 2 N–H and O–H groups in total. The number of hydrogen-bond donors (Lipinski definition) is 2. The molecule has 0 aliphatic rings. The third-order valence-corrected chi connectivity index (χ3v) is 2.72. The largest absolute Gasteiger partial charge is 0.481 e. The number of carboxylic acid groups (broad SMARTS) is 1. The molecule has 1 rings (SSSR count). The zero-order chi connectivity index (χ0) is 14.7. The second kappa shape index (κ2) is 5.68. The van der Waals surface area contributed by atoms with Gasteiger partial charge in [0.25, 0.3) is 0 Å². The van der Waals surface area contributed by atoms with Crippen molar-refractivity contribution < 1.29 is 14.8 Å². The second-order valence-corrected chi connectivity index (χ2v) is 4.70. The normalized spacial score (nSPS) is 12.5. The van der Waals surface area contributed by atoms with Crippen LogP contribution in [0, 0.1) is 23.0 Å². The number of aliphatic carboxylic acids is 1. The average molecular weight is 270 g/mol. The van der Waals surface area contributed by atoms with E-state index in [1.165, 1.54) is 11.6 Å². The summed E-state index contributed by atoms with van der Waals surface area (Å²) in [6.07, 6.45) is 0. The molecule has 8 nitrogen and oxygen atoms in total. The van der Waals surface area contributed by atoms with Crippen LogP contribution in [0.25, 0.3) is 0 Å². The van der Waals surface area contributed by atoms with Crippen LogP contribution in [0.2, 0.25) is 0 Å². The minimum atomic E-state index is -0.956. The Bertz CT molecular complexity index is 495. The fourth-order valence-electron chi connectivity index (χ4n) is 1.63. The van der Waals surface area contributed by atoms with Crippen LogP contribution in [-0.2, 0) is 4.79 Å². The number of nitrogens with zero attached hydrogens (tertiary/aromatic N) is 3. The highest BCUT2D eigenvalue weighted by molar-refractivity contribution is 5.70. The molecule has 19 heavy (non-hydrogen) atoms. The van der Waals surface area contributed by atoms with Crippen LogP contribution in [0.15, 0.2) is 0 Å². The number of carboxylic acids is 1. The van der Waals surface area contributed by atoms with E-state index in [0.29, 0.717) is 5.69 Å². The molecule has 1 unspecified atom stereocenters. The van der Waals surface area contributed by atoms with Crippen LogP contribution in [0.3, 0.4) is 0 Å². The van der Waals surface area contributed by atoms with Crippen molar-refractivity contribution in [2.24, 2.45) is 5.92 Å². The lowest BCUT2D eigenvalue weighted by Gasteiger charge is -2.13. The molecule has 8 heteroatoms. The molecule has 1 heterocycles. The molecule has 1 aromatic heterocycles. The molecule has 0 aliphatic heterocycles. The number of aryl methyl sites for hydroxylation is 1. The third-order valence-electron chi connectivity index (χ3n) is 2.72. The monoisotopic (exact) mass is 270 g/mol. The van der Waals surface area contributed by atoms with Crippen LogP contribution in [0.1, 0.15) is 32.5 Å². The number of nitro groups is 1. The number of aromatic nitrogens is 2. The first-order valence-corrected chi connectivity index (χ1v) is 5.95. The Labute approximate surface area is 110 Å². The molecule has 0 aliphatic carbocycles. The molecule has 0 aromatic carbocycles. The van der Waals surface area contributed by atoms with E-state index in [9.17, 15) is 14.9 Å². The Kier molecular flexibility index (Phi) is 4.47. The zero-order valence-corrected chi connectivity index (χ0v) is 11.4. The lowest BCUT2D eigenvalue weighted by molar-refractivity contribution is -0.384. The SMILES string of the molecule is Cc1nn(C(C)C)c(NCC(C)C(=O)O)c1[N+](=O)[O-]. The molecule has 0 saturated carbocycles. The molecule has 106 valence electrons. The number of rotatable bonds is 6. The van der Waals surface area contributed by atoms with E-state index in [2.05, 4.69) is 10.4 Å². The number of anilines is 1. The fraction of sp³-hybridized carbons (Fsp3) is 0.636. The molecule has 0 amide bonds. The lowest BCUT2D eigenvalue weighted by atomic mass is 10.2. The van der Waals surface area contributed by atoms with Crippen molar-refractivity contribution in [3.8, 4) is 0 Å². The Balaban J connectivity index is 3.09. The van der Waals surface area contributed by atoms with Gasteiger partial charge in [-0.3, -0.25) is 14.9 Å². The molecular weight excluding hydrogens is 252 g/mol. The molecule has 1 aromatic rings. The van der Waals surface area contributed by atoms with Crippen LogP contribution in [0.4, 0.5) is 11.5 Å². The summed E-state index contributed by atoms with van der Waals surface area (Å²) in [6, 6.07) is -0.0602. The predicted octanol–water partition coefficient (Wildman–Crippen LogP) is 1.81. The van der Waals surface area contributed by atoms with Crippen molar-refractivity contribution in [2.75, 3.05) is 11.9 Å². The van der Waals surface area contributed by atoms with E-state index in [1.807, 2.05) is 13.8 Å². The minimum Gasteiger partial charge on any atom is -0.481 e. The Morgan fingerprint density at radius 1 is 1.53 bits per heavy atom. The van der Waals surface area contributed by atoms with Gasteiger partial charge in [-0.1, -0.05) is 6.92 Å². The zero-order valence-electron chi connectivity index (χ0n) is 11.4. The summed E-state index contributed by atoms with van der Waals surface area (Å²) in [5.74, 6) is -1.34. The van der Waals surface area contributed by atoms with Crippen molar-refractivity contribution >= 4 is 17.5 Å². The summed E-state index contributed by atoms with van der Waals surface area (Å²) in [4.78, 5) is 21.3. The molecular formula is C11H18N4O4. The molecule has 0 fully saturated rings. The quantitative estimate of drug-likeness (QED) is 0.602. The highest BCUT2D eigenvalue weighted by Crippen LogP contribution is 2.30. The van der Waals surface area contributed by atoms with Crippen molar-refractivity contribution in [1.29, 1.82) is 0 Å². The predicted molar refractivity (Wildman–Crippen MR) is 69.3 cm³/mol. The Morgan fingerprint density at radius 2 is 2.11 bits per heavy atom. The van der Waals surface area contributed by atoms with Crippen molar-refractivity contribution in [3.05, 3.63) is 15.8 Å². The number of nitrogens with one attached hydrogen (secondary N) is 1. The van der Waals surface area contributed by atoms with E-state index in [4.69, 9.17) is 5.11 Å². The van der Waals surface area contributed by atoms with Gasteiger partial charge in [0.1, 0.15) is 5.69 Å². The summed E-state index contributed by atoms with van der Waals surface area (Å²) >= 11 is 0. The minimum absolute atomic E-state index is 0.0602. The van der Waals surface area contributed by atoms with Gasteiger partial charge in [0.15, 0.2) is 0 Å². The average Bonchev–Trinajstić information content (AvgIpc) is 2.62. The molecule has 1 atom stereocenters. The van der Waals surface area contributed by atoms with Crippen LogP contribution < -0.4 is 5.32 Å². The lowest BCUT2D eigenvalue weighted by Crippen LogP contribution is -2.21. The highest BCUT2D eigenvalue weighted by Gasteiger charge is 2.27. The molecule has 0 saturated heterocycles. The van der Waals surface area contributed by atoms with Crippen LogP contribution in [-0.4, -0.2) is 32.3 Å². The summed E-state index contributed by atoms with van der Waals surface area (Å²) in [7, 11) is 0. The summed E-state index contributed by atoms with van der Waals surface area (Å²) in [6.45, 7) is 6.89. The van der Waals surface area contributed by atoms with Crippen molar-refractivity contribution in [2.45, 2.75) is 33.7 Å². The summed E-state index contributed by atoms with van der Waals surface area (Å²) in [5.41, 5.74) is 0.204. The second-order valence-electron chi connectivity index (χ2n) is 4.70. The topological polar surface area (TPSA) is 110 Å². The van der Waals surface area contributed by atoms with Gasteiger partial charge in [0.2, 0.25) is 5.82 Å². The highest BCUT2D eigenvalue weighted by atomic mass is 16.6. The first kappa shape index (κ1) is 14.9. The van der Waals surface area contributed by atoms with E-state index in [-0.39, 0.29) is 24.1 Å². The maximum atomic E-state index is 11.1. The van der Waals surface area contributed by atoms with E-state index < -0.39 is 16.8 Å². The van der Waals surface area contributed by atoms with E-state index in [0.717, 1.165) is 0 Å². The van der Waals surface area contributed by atoms with Crippen molar-refractivity contribution in [1.82, 2.24) is 9.78 Å². The maximum Gasteiger partial charge on any atom is 0.333 e. The first-order valence-electron chi connectivity index (χ1n) is 5.95. The van der Waals surface area contributed by atoms with Crippen LogP contribution >= 0.6 is 0 Å². The fourth-order valence-corrected chi connectivity index (χ4v) is 1.63. The van der Waals surface area contributed by atoms with Gasteiger partial charge >= 0.3 is 11.7 Å². The first-order chi connectivity index (χ1) is 8.75. The third kappa shape index (κ3) is 3.21. The smallest absolute Gasteiger partial charge is 0.333 e. The van der Waals surface area contributed by atoms with E-state index in [1.54, 1.807) is 6.92 Å². The van der Waals surface area contributed by atoms with Gasteiger partial charge in [-0.25, -0.2) is 4.68 Å². The molecule has 0 bridgehead atoms. The molecule has 0 spiro atoms. The number of hydrogen-bond acceptors (Lipinski definition) is 5.